The van der Waals surface area contributed by atoms with Crippen molar-refractivity contribution in [1.82, 2.24) is 9.21 Å². The van der Waals surface area contributed by atoms with Crippen molar-refractivity contribution in [2.75, 3.05) is 26.2 Å². The van der Waals surface area contributed by atoms with E-state index in [1.807, 2.05) is 0 Å². The summed E-state index contributed by atoms with van der Waals surface area (Å²) in [6.45, 7) is 1.83. The monoisotopic (exact) mass is 492 g/mol. The zero-order chi connectivity index (χ0) is 22.8. The predicted octanol–water partition coefficient (Wildman–Crippen LogP) is 4.37. The molecule has 1 atom stereocenters. The highest BCUT2D eigenvalue weighted by Crippen LogP contribution is 2.35. The van der Waals surface area contributed by atoms with Crippen LogP contribution in [0.1, 0.15) is 12.5 Å². The third-order valence-corrected chi connectivity index (χ3v) is 8.14. The van der Waals surface area contributed by atoms with Crippen LogP contribution in [0.2, 0.25) is 5.02 Å². The Morgan fingerprint density at radius 1 is 1.03 bits per heavy atom. The minimum Gasteiger partial charge on any atom is -0.339 e. The molecule has 2 aromatic rings. The highest BCUT2D eigenvalue weighted by Gasteiger charge is 2.40. The number of carbonyl (C=O) groups excluding carboxylic acids is 1. The van der Waals surface area contributed by atoms with E-state index in [1.54, 1.807) is 31.2 Å². The summed E-state index contributed by atoms with van der Waals surface area (Å²) in [5.74, 6) is -0.160. The van der Waals surface area contributed by atoms with E-state index in [9.17, 15) is 26.4 Å². The van der Waals surface area contributed by atoms with Crippen molar-refractivity contribution < 1.29 is 26.4 Å². The number of carbonyl (C=O) groups is 1. The summed E-state index contributed by atoms with van der Waals surface area (Å²) in [6, 6.07) is 11.2. The number of hydrogen-bond donors (Lipinski definition) is 0. The van der Waals surface area contributed by atoms with Crippen molar-refractivity contribution >= 4 is 39.3 Å². The zero-order valence-electron chi connectivity index (χ0n) is 16.5. The van der Waals surface area contributed by atoms with E-state index in [1.165, 1.54) is 22.7 Å². The molecule has 0 unspecified atom stereocenters. The lowest BCUT2D eigenvalue weighted by Gasteiger charge is -2.35. The van der Waals surface area contributed by atoms with E-state index in [0.717, 1.165) is 27.4 Å². The van der Waals surface area contributed by atoms with Gasteiger partial charge in [-0.2, -0.15) is 17.5 Å². The fraction of sp³-hybridized carbons (Fsp3) is 0.350. The number of rotatable bonds is 5. The minimum atomic E-state index is -4.78. The lowest BCUT2D eigenvalue weighted by molar-refractivity contribution is -0.139. The van der Waals surface area contributed by atoms with Gasteiger partial charge >= 0.3 is 6.18 Å². The maximum Gasteiger partial charge on any atom is 0.417 e. The molecule has 0 aromatic heterocycles. The van der Waals surface area contributed by atoms with Gasteiger partial charge in [0.2, 0.25) is 15.9 Å². The van der Waals surface area contributed by atoms with Crippen LogP contribution in [0.4, 0.5) is 13.2 Å². The Morgan fingerprint density at radius 3 is 2.19 bits per heavy atom. The molecule has 5 nitrogen and oxygen atoms in total. The summed E-state index contributed by atoms with van der Waals surface area (Å²) < 4.78 is 66.5. The number of alkyl halides is 3. The summed E-state index contributed by atoms with van der Waals surface area (Å²) >= 11 is 7.22. The minimum absolute atomic E-state index is 0.0708. The number of benzene rings is 2. The van der Waals surface area contributed by atoms with Gasteiger partial charge in [0.05, 0.1) is 15.7 Å². The van der Waals surface area contributed by atoms with Crippen molar-refractivity contribution in [1.29, 1.82) is 0 Å². The van der Waals surface area contributed by atoms with Crippen molar-refractivity contribution in [3.8, 4) is 0 Å². The van der Waals surface area contributed by atoms with E-state index in [4.69, 9.17) is 11.6 Å². The quantitative estimate of drug-likeness (QED) is 0.581. The van der Waals surface area contributed by atoms with Crippen LogP contribution in [-0.2, 0) is 21.0 Å². The molecule has 0 radical (unpaired) electrons. The third kappa shape index (κ3) is 5.54. The Morgan fingerprint density at radius 2 is 1.61 bits per heavy atom. The second-order valence-corrected chi connectivity index (χ2v) is 10.7. The first kappa shape index (κ1) is 23.9. The molecule has 0 spiro atoms. The second-order valence-electron chi connectivity index (χ2n) is 6.94. The molecule has 3 rings (SSSR count). The Bertz CT molecular complexity index is 1040. The third-order valence-electron chi connectivity index (χ3n) is 4.83. The van der Waals surface area contributed by atoms with Crippen LogP contribution in [0.15, 0.2) is 58.3 Å². The molecule has 2 aromatic carbocycles. The van der Waals surface area contributed by atoms with E-state index in [2.05, 4.69) is 0 Å². The van der Waals surface area contributed by atoms with Gasteiger partial charge in [0.25, 0.3) is 0 Å². The average molecular weight is 493 g/mol. The second kappa shape index (κ2) is 9.40. The highest BCUT2D eigenvalue weighted by molar-refractivity contribution is 8.00. The number of piperazine rings is 1. The molecular weight excluding hydrogens is 473 g/mol. The average Bonchev–Trinajstić information content (AvgIpc) is 2.74. The standard InChI is InChI=1S/C20H20ClF3N2O3S2/c1-14(30-16-8-6-15(21)7-9-16)19(27)25-10-12-26(13-11-25)31(28,29)18-5-3-2-4-17(18)20(22,23)24/h2-9,14H,10-13H2,1H3/t14-/m0/s1. The smallest absolute Gasteiger partial charge is 0.339 e. The van der Waals surface area contributed by atoms with Crippen LogP contribution in [0, 0.1) is 0 Å². The van der Waals surface area contributed by atoms with E-state index in [0.29, 0.717) is 5.02 Å². The van der Waals surface area contributed by atoms with Crippen LogP contribution in [0.5, 0.6) is 0 Å². The summed E-state index contributed by atoms with van der Waals surface area (Å²) in [5, 5.41) is 0.183. The molecule has 1 heterocycles. The molecule has 0 N–H and O–H groups in total. The van der Waals surface area contributed by atoms with E-state index < -0.39 is 31.9 Å². The largest absolute Gasteiger partial charge is 0.417 e. The molecule has 1 aliphatic rings. The molecule has 1 saturated heterocycles. The molecule has 1 aliphatic heterocycles. The highest BCUT2D eigenvalue weighted by atomic mass is 35.5. The van der Waals surface area contributed by atoms with Gasteiger partial charge in [-0.25, -0.2) is 8.42 Å². The predicted molar refractivity (Wildman–Crippen MR) is 114 cm³/mol. The van der Waals surface area contributed by atoms with Gasteiger partial charge in [-0.3, -0.25) is 4.79 Å². The first-order valence-electron chi connectivity index (χ1n) is 9.37. The first-order valence-corrected chi connectivity index (χ1v) is 12.1. The first-order chi connectivity index (χ1) is 14.5. The normalized spacial score (nSPS) is 16.9. The Hall–Kier alpha value is -1.75. The van der Waals surface area contributed by atoms with Gasteiger partial charge < -0.3 is 4.90 Å². The van der Waals surface area contributed by atoms with Crippen molar-refractivity contribution in [3.05, 3.63) is 59.1 Å². The Balaban J connectivity index is 1.66. The molecule has 1 amide bonds. The zero-order valence-corrected chi connectivity index (χ0v) is 18.9. The molecule has 168 valence electrons. The van der Waals surface area contributed by atoms with Gasteiger partial charge in [-0.1, -0.05) is 23.7 Å². The molecule has 0 bridgehead atoms. The summed E-state index contributed by atoms with van der Waals surface area (Å²) in [5.41, 5.74) is -1.19. The lowest BCUT2D eigenvalue weighted by Crippen LogP contribution is -2.52. The van der Waals surface area contributed by atoms with Crippen LogP contribution in [0.3, 0.4) is 0 Å². The van der Waals surface area contributed by atoms with Gasteiger partial charge in [0.15, 0.2) is 0 Å². The number of hydrogen-bond acceptors (Lipinski definition) is 4. The Kier molecular flexibility index (Phi) is 7.25. The molecule has 1 fully saturated rings. The number of sulfonamides is 1. The summed E-state index contributed by atoms with van der Waals surface area (Å²) in [7, 11) is -4.34. The van der Waals surface area contributed by atoms with Crippen LogP contribution < -0.4 is 0 Å². The van der Waals surface area contributed by atoms with Gasteiger partial charge in [-0.15, -0.1) is 11.8 Å². The van der Waals surface area contributed by atoms with Crippen LogP contribution >= 0.6 is 23.4 Å². The van der Waals surface area contributed by atoms with Gasteiger partial charge in [0, 0.05) is 36.1 Å². The van der Waals surface area contributed by atoms with Gasteiger partial charge in [0.1, 0.15) is 0 Å². The van der Waals surface area contributed by atoms with Crippen molar-refractivity contribution in [3.63, 3.8) is 0 Å². The number of amides is 1. The van der Waals surface area contributed by atoms with Crippen LogP contribution in [-0.4, -0.2) is 55.0 Å². The number of nitrogens with zero attached hydrogens (tertiary/aromatic N) is 2. The van der Waals surface area contributed by atoms with E-state index in [-0.39, 0.29) is 32.1 Å². The van der Waals surface area contributed by atoms with Crippen LogP contribution in [0.25, 0.3) is 0 Å². The molecule has 11 heteroatoms. The van der Waals surface area contributed by atoms with Gasteiger partial charge in [-0.05, 0) is 43.3 Å². The topological polar surface area (TPSA) is 57.7 Å². The summed E-state index contributed by atoms with van der Waals surface area (Å²) in [6.07, 6.45) is -4.78. The SMILES string of the molecule is C[C@H](Sc1ccc(Cl)cc1)C(=O)N1CCN(S(=O)(=O)c2ccccc2C(F)(F)F)CC1. The van der Waals surface area contributed by atoms with E-state index >= 15 is 0 Å². The molecular formula is C20H20ClF3N2O3S2. The Labute approximate surface area is 188 Å². The number of halogens is 4. The maximum atomic E-state index is 13.3. The molecule has 0 saturated carbocycles. The lowest BCUT2D eigenvalue weighted by atomic mass is 10.2. The summed E-state index contributed by atoms with van der Waals surface area (Å²) in [4.78, 5) is 14.4. The molecule has 0 aliphatic carbocycles. The fourth-order valence-corrected chi connectivity index (χ4v) is 5.95. The number of thioether (sulfide) groups is 1. The van der Waals surface area contributed by atoms with Crippen molar-refractivity contribution in [2.24, 2.45) is 0 Å². The fourth-order valence-electron chi connectivity index (χ4n) is 3.24. The van der Waals surface area contributed by atoms with Crippen molar-refractivity contribution in [2.45, 2.75) is 28.1 Å². The maximum absolute atomic E-state index is 13.3. The molecule has 31 heavy (non-hydrogen) atoms.